The van der Waals surface area contributed by atoms with Crippen LogP contribution in [0.5, 0.6) is 5.75 Å². The van der Waals surface area contributed by atoms with Gasteiger partial charge in [0.2, 0.25) is 5.95 Å². The molecule has 7 nitrogen and oxygen atoms in total. The smallest absolute Gasteiger partial charge is 0.348 e. The van der Waals surface area contributed by atoms with E-state index in [1.165, 1.54) is 11.3 Å². The summed E-state index contributed by atoms with van der Waals surface area (Å²) in [6, 6.07) is 7.69. The van der Waals surface area contributed by atoms with Gasteiger partial charge in [-0.15, -0.1) is 11.3 Å². The number of aryl methyl sites for hydroxylation is 1. The average molecular weight is 429 g/mol. The standard InChI is InChI=1S/C22H28N4O3S/c1-5-26(6-2)10-11-29-15-8-9-16(14(4)12-15)19-17-13-18(21(27)28-7-3)30-20(17)25-22(23)24-19/h8-9,12-13H,5-7,10-11H2,1-4H3,(H2,23,24,25). The van der Waals surface area contributed by atoms with Crippen molar-refractivity contribution in [2.45, 2.75) is 27.7 Å². The molecule has 1 aromatic carbocycles. The number of esters is 1. The van der Waals surface area contributed by atoms with Gasteiger partial charge < -0.3 is 20.1 Å². The summed E-state index contributed by atoms with van der Waals surface area (Å²) in [5.74, 6) is 0.631. The minimum absolute atomic E-state index is 0.175. The molecule has 30 heavy (non-hydrogen) atoms. The van der Waals surface area contributed by atoms with E-state index in [0.29, 0.717) is 28.6 Å². The molecule has 0 aliphatic carbocycles. The van der Waals surface area contributed by atoms with Gasteiger partial charge in [0.1, 0.15) is 22.1 Å². The molecule has 0 saturated heterocycles. The van der Waals surface area contributed by atoms with Crippen LogP contribution in [0.1, 0.15) is 36.0 Å². The molecule has 0 radical (unpaired) electrons. The summed E-state index contributed by atoms with van der Waals surface area (Å²) < 4.78 is 11.0. The molecule has 8 heteroatoms. The number of rotatable bonds is 9. The van der Waals surface area contributed by atoms with Crippen LogP contribution in [0, 0.1) is 6.92 Å². The monoisotopic (exact) mass is 428 g/mol. The van der Waals surface area contributed by atoms with Crippen LogP contribution in [0.25, 0.3) is 21.5 Å². The lowest BCUT2D eigenvalue weighted by molar-refractivity contribution is 0.0532. The van der Waals surface area contributed by atoms with Crippen LogP contribution in [-0.4, -0.2) is 53.7 Å². The van der Waals surface area contributed by atoms with E-state index in [1.54, 1.807) is 13.0 Å². The number of nitrogens with two attached hydrogens (primary N) is 1. The minimum atomic E-state index is -0.362. The third-order valence-electron chi connectivity index (χ3n) is 4.91. The predicted octanol–water partition coefficient (Wildman–Crippen LogP) is 4.15. The van der Waals surface area contributed by atoms with Crippen molar-refractivity contribution < 1.29 is 14.3 Å². The molecule has 0 saturated carbocycles. The van der Waals surface area contributed by atoms with Crippen molar-refractivity contribution in [1.82, 2.24) is 14.9 Å². The molecular weight excluding hydrogens is 400 g/mol. The highest BCUT2D eigenvalue weighted by Crippen LogP contribution is 2.35. The maximum absolute atomic E-state index is 12.1. The molecule has 2 N–H and O–H groups in total. The summed E-state index contributed by atoms with van der Waals surface area (Å²) in [7, 11) is 0. The van der Waals surface area contributed by atoms with Gasteiger partial charge in [-0.05, 0) is 56.8 Å². The van der Waals surface area contributed by atoms with E-state index in [0.717, 1.165) is 41.9 Å². The number of aromatic nitrogens is 2. The Bertz CT molecular complexity index is 1030. The van der Waals surface area contributed by atoms with E-state index in [4.69, 9.17) is 15.2 Å². The van der Waals surface area contributed by atoms with Gasteiger partial charge in [0.25, 0.3) is 0 Å². The van der Waals surface area contributed by atoms with Crippen LogP contribution in [-0.2, 0) is 4.74 Å². The molecule has 0 unspecified atom stereocenters. The number of hydrogen-bond acceptors (Lipinski definition) is 8. The molecule has 0 atom stereocenters. The first kappa shape index (κ1) is 22.0. The molecule has 0 fully saturated rings. The molecule has 2 aromatic heterocycles. The number of nitrogens with zero attached hydrogens (tertiary/aromatic N) is 3. The van der Waals surface area contributed by atoms with E-state index in [9.17, 15) is 4.79 Å². The van der Waals surface area contributed by atoms with Crippen LogP contribution in [0.2, 0.25) is 0 Å². The molecule has 0 amide bonds. The van der Waals surface area contributed by atoms with Crippen LogP contribution in [0.3, 0.4) is 0 Å². The molecule has 0 aliphatic heterocycles. The fraction of sp³-hybridized carbons (Fsp3) is 0.409. The third kappa shape index (κ3) is 4.88. The number of anilines is 1. The van der Waals surface area contributed by atoms with E-state index in [1.807, 2.05) is 25.1 Å². The Morgan fingerprint density at radius 3 is 2.60 bits per heavy atom. The highest BCUT2D eigenvalue weighted by Gasteiger charge is 2.18. The first-order valence-electron chi connectivity index (χ1n) is 10.2. The molecule has 3 aromatic rings. The van der Waals surface area contributed by atoms with Gasteiger partial charge in [-0.25, -0.2) is 14.8 Å². The number of nitrogen functional groups attached to an aromatic ring is 1. The van der Waals surface area contributed by atoms with Gasteiger partial charge in [0, 0.05) is 17.5 Å². The fourth-order valence-corrected chi connectivity index (χ4v) is 4.20. The zero-order chi connectivity index (χ0) is 21.7. The van der Waals surface area contributed by atoms with Gasteiger partial charge in [-0.1, -0.05) is 13.8 Å². The summed E-state index contributed by atoms with van der Waals surface area (Å²) >= 11 is 1.26. The molecule has 0 spiro atoms. The SMILES string of the molecule is CCOC(=O)c1cc2c(-c3ccc(OCCN(CC)CC)cc3C)nc(N)nc2s1. The summed E-state index contributed by atoms with van der Waals surface area (Å²) in [4.78, 5) is 24.4. The average Bonchev–Trinajstić information content (AvgIpc) is 3.15. The summed E-state index contributed by atoms with van der Waals surface area (Å²) in [5.41, 5.74) is 8.59. The van der Waals surface area contributed by atoms with Gasteiger partial charge in [0.05, 0.1) is 12.3 Å². The van der Waals surface area contributed by atoms with Crippen LogP contribution in [0.15, 0.2) is 24.3 Å². The second-order valence-electron chi connectivity index (χ2n) is 6.83. The fourth-order valence-electron chi connectivity index (χ4n) is 3.27. The van der Waals surface area contributed by atoms with Crippen molar-refractivity contribution in [1.29, 1.82) is 0 Å². The summed E-state index contributed by atoms with van der Waals surface area (Å²) in [6.07, 6.45) is 0. The third-order valence-corrected chi connectivity index (χ3v) is 5.92. The Morgan fingerprint density at radius 2 is 1.93 bits per heavy atom. The maximum atomic E-state index is 12.1. The van der Waals surface area contributed by atoms with E-state index in [-0.39, 0.29) is 11.9 Å². The van der Waals surface area contributed by atoms with Gasteiger partial charge in [-0.3, -0.25) is 0 Å². The maximum Gasteiger partial charge on any atom is 0.348 e. The Hall–Kier alpha value is -2.71. The summed E-state index contributed by atoms with van der Waals surface area (Å²) in [5, 5.41) is 0.788. The Balaban J connectivity index is 1.88. The normalized spacial score (nSPS) is 11.2. The zero-order valence-electron chi connectivity index (χ0n) is 17.9. The van der Waals surface area contributed by atoms with E-state index >= 15 is 0 Å². The Kier molecular flexibility index (Phi) is 7.23. The Labute approximate surface area is 180 Å². The zero-order valence-corrected chi connectivity index (χ0v) is 18.7. The molecule has 160 valence electrons. The minimum Gasteiger partial charge on any atom is -0.492 e. The first-order chi connectivity index (χ1) is 14.5. The molecule has 0 bridgehead atoms. The lowest BCUT2D eigenvalue weighted by Gasteiger charge is -2.18. The van der Waals surface area contributed by atoms with Gasteiger partial charge >= 0.3 is 5.97 Å². The number of benzene rings is 1. The number of ether oxygens (including phenoxy) is 2. The topological polar surface area (TPSA) is 90.6 Å². The highest BCUT2D eigenvalue weighted by molar-refractivity contribution is 7.20. The number of likely N-dealkylation sites (N-methyl/N-ethyl adjacent to an activating group) is 1. The quantitative estimate of drug-likeness (QED) is 0.512. The van der Waals surface area contributed by atoms with Crippen molar-refractivity contribution in [3.63, 3.8) is 0 Å². The highest BCUT2D eigenvalue weighted by atomic mass is 32.1. The lowest BCUT2D eigenvalue weighted by atomic mass is 10.0. The van der Waals surface area contributed by atoms with Gasteiger partial charge in [-0.2, -0.15) is 0 Å². The number of hydrogen-bond donors (Lipinski definition) is 1. The van der Waals surface area contributed by atoms with Crippen molar-refractivity contribution >= 4 is 33.5 Å². The lowest BCUT2D eigenvalue weighted by Crippen LogP contribution is -2.27. The predicted molar refractivity (Wildman–Crippen MR) is 121 cm³/mol. The van der Waals surface area contributed by atoms with Crippen molar-refractivity contribution in [3.05, 3.63) is 34.7 Å². The first-order valence-corrected chi connectivity index (χ1v) is 11.0. The van der Waals surface area contributed by atoms with Crippen molar-refractivity contribution in [3.8, 4) is 17.0 Å². The number of carbonyl (C=O) groups excluding carboxylic acids is 1. The number of carbonyl (C=O) groups is 1. The van der Waals surface area contributed by atoms with Crippen molar-refractivity contribution in [2.24, 2.45) is 0 Å². The molecular formula is C22H28N4O3S. The number of fused-ring (bicyclic) bond motifs is 1. The van der Waals surface area contributed by atoms with Crippen LogP contribution in [0.4, 0.5) is 5.95 Å². The van der Waals surface area contributed by atoms with Crippen molar-refractivity contribution in [2.75, 3.05) is 38.6 Å². The van der Waals surface area contributed by atoms with E-state index in [2.05, 4.69) is 28.7 Å². The molecule has 0 aliphatic rings. The summed E-state index contributed by atoms with van der Waals surface area (Å²) in [6.45, 7) is 12.0. The van der Waals surface area contributed by atoms with Crippen LogP contribution < -0.4 is 10.5 Å². The van der Waals surface area contributed by atoms with E-state index < -0.39 is 0 Å². The number of thiophene rings is 1. The van der Waals surface area contributed by atoms with Gasteiger partial charge in [0.15, 0.2) is 0 Å². The second-order valence-corrected chi connectivity index (χ2v) is 7.86. The Morgan fingerprint density at radius 1 is 1.17 bits per heavy atom. The molecule has 3 rings (SSSR count). The largest absolute Gasteiger partial charge is 0.492 e. The molecule has 2 heterocycles. The second kappa shape index (κ2) is 9.86. The van der Waals surface area contributed by atoms with Crippen LogP contribution >= 0.6 is 11.3 Å².